The van der Waals surface area contributed by atoms with E-state index in [1.807, 2.05) is 36.4 Å². The fourth-order valence-electron chi connectivity index (χ4n) is 11.5. The number of aryl methyl sites for hydroxylation is 2. The Hall–Kier alpha value is -5.80. The third kappa shape index (κ3) is 18.9. The molecule has 0 bridgehead atoms. The van der Waals surface area contributed by atoms with Crippen molar-refractivity contribution in [2.24, 2.45) is 22.7 Å². The number of rotatable bonds is 27. The second-order valence-electron chi connectivity index (χ2n) is 23.7. The van der Waals surface area contributed by atoms with Gasteiger partial charge in [0.15, 0.2) is 0 Å². The number of hydrogen-bond donors (Lipinski definition) is 2. The number of alkyl carbamates (subject to hydrolysis) is 2. The summed E-state index contributed by atoms with van der Waals surface area (Å²) in [5, 5.41) is 5.39. The number of benzene rings is 2. The van der Waals surface area contributed by atoms with E-state index in [0.29, 0.717) is 64.5 Å². The summed E-state index contributed by atoms with van der Waals surface area (Å²) in [6.45, 7) is 6.71. The summed E-state index contributed by atoms with van der Waals surface area (Å²) in [4.78, 5) is 111. The minimum atomic E-state index is -1.34. The number of carbonyl (C=O) groups excluding carboxylic acids is 8. The smallest absolute Gasteiger partial charge is 0.407 e. The molecule has 2 N–H and O–H groups in total. The van der Waals surface area contributed by atoms with Gasteiger partial charge >= 0.3 is 24.1 Å². The Kier molecular flexibility index (Phi) is 24.5. The Morgan fingerprint density at radius 3 is 1.22 bits per heavy atom. The number of hydrogen-bond acceptors (Lipinski definition) is 12. The molecule has 4 amide bonds. The molecule has 2 heterocycles. The first-order valence-electron chi connectivity index (χ1n) is 29.5. The maximum absolute atomic E-state index is 13.9. The Morgan fingerprint density at radius 2 is 0.846 bits per heavy atom. The van der Waals surface area contributed by atoms with Gasteiger partial charge in [-0.25, -0.2) is 19.2 Å². The van der Waals surface area contributed by atoms with Gasteiger partial charge in [-0.1, -0.05) is 112 Å². The molecule has 2 aliphatic heterocycles. The van der Waals surface area contributed by atoms with E-state index in [9.17, 15) is 38.4 Å². The summed E-state index contributed by atoms with van der Waals surface area (Å²) in [5.74, 6) is -3.39. The zero-order valence-electron chi connectivity index (χ0n) is 47.2. The molecular formula is C62H90N4O12. The van der Waals surface area contributed by atoms with E-state index in [-0.39, 0.29) is 50.3 Å². The molecule has 2 saturated carbocycles. The van der Waals surface area contributed by atoms with Gasteiger partial charge < -0.3 is 39.4 Å². The molecule has 78 heavy (non-hydrogen) atoms. The number of piperidine rings is 2. The first kappa shape index (κ1) is 61.4. The molecule has 2 aromatic rings. The van der Waals surface area contributed by atoms with Crippen molar-refractivity contribution in [3.8, 4) is 0 Å². The van der Waals surface area contributed by atoms with Gasteiger partial charge in [-0.2, -0.15) is 0 Å². The molecule has 4 atom stereocenters. The predicted molar refractivity (Wildman–Crippen MR) is 296 cm³/mol. The van der Waals surface area contributed by atoms with Crippen LogP contribution < -0.4 is 10.6 Å². The third-order valence-corrected chi connectivity index (χ3v) is 16.5. The molecule has 2 unspecified atom stereocenters. The summed E-state index contributed by atoms with van der Waals surface area (Å²) in [7, 11) is 0. The lowest BCUT2D eigenvalue weighted by molar-refractivity contribution is -0.167. The fraction of sp³-hybridized carbons (Fsp3) is 0.677. The van der Waals surface area contributed by atoms with E-state index < -0.39 is 70.4 Å². The van der Waals surface area contributed by atoms with E-state index in [2.05, 4.69) is 34.9 Å². The van der Waals surface area contributed by atoms with Crippen LogP contribution in [-0.4, -0.2) is 121 Å². The van der Waals surface area contributed by atoms with E-state index in [1.165, 1.54) is 33.8 Å². The number of ketones is 2. The molecule has 2 aliphatic carbocycles. The largest absolute Gasteiger partial charge is 0.461 e. The van der Waals surface area contributed by atoms with Crippen molar-refractivity contribution >= 4 is 47.5 Å². The molecule has 0 aromatic heterocycles. The first-order chi connectivity index (χ1) is 37.5. The zero-order valence-corrected chi connectivity index (χ0v) is 47.2. The Morgan fingerprint density at radius 1 is 0.487 bits per heavy atom. The molecule has 16 nitrogen and oxygen atoms in total. The molecule has 2 aromatic carbocycles. The number of nitrogens with one attached hydrogen (secondary N) is 2. The van der Waals surface area contributed by atoms with Crippen LogP contribution in [0.15, 0.2) is 60.7 Å². The first-order valence-corrected chi connectivity index (χ1v) is 29.5. The van der Waals surface area contributed by atoms with Crippen LogP contribution in [0.5, 0.6) is 0 Å². The lowest BCUT2D eigenvalue weighted by Gasteiger charge is -2.37. The Balaban J connectivity index is 0.849. The van der Waals surface area contributed by atoms with Gasteiger partial charge in [-0.3, -0.25) is 19.2 Å². The van der Waals surface area contributed by atoms with Crippen LogP contribution in [0.1, 0.15) is 180 Å². The highest BCUT2D eigenvalue weighted by molar-refractivity contribution is 6.38. The van der Waals surface area contributed by atoms with Crippen molar-refractivity contribution in [3.63, 3.8) is 0 Å². The number of carbonyl (C=O) groups is 8. The lowest BCUT2D eigenvalue weighted by Crippen LogP contribution is -2.54. The van der Waals surface area contributed by atoms with Gasteiger partial charge in [-0.15, -0.1) is 0 Å². The van der Waals surface area contributed by atoms with Crippen LogP contribution in [0.3, 0.4) is 0 Å². The molecular weight excluding hydrogens is 993 g/mol. The molecule has 6 rings (SSSR count). The SMILES string of the molecule is CC(C)(COC(=O)NCCCCCCNC(=O)OCC(C)(C)C(=O)C(=O)N1CCCCC1C(=O)O[C@H](CCc1ccccc1)C1CCCCC1)C(=O)C(=O)N1CCCCC1C(=O)O[C@H](CCc1ccccc1)C1CCCCC1. The molecule has 0 spiro atoms. The van der Waals surface area contributed by atoms with Crippen molar-refractivity contribution in [1.29, 1.82) is 0 Å². The molecule has 16 heteroatoms. The van der Waals surface area contributed by atoms with Gasteiger partial charge in [0.2, 0.25) is 11.6 Å². The molecule has 2 saturated heterocycles. The van der Waals surface area contributed by atoms with Crippen LogP contribution >= 0.6 is 0 Å². The minimum absolute atomic E-state index is 0.262. The Labute approximate surface area is 463 Å². The minimum Gasteiger partial charge on any atom is -0.461 e. The highest BCUT2D eigenvalue weighted by Crippen LogP contribution is 2.34. The predicted octanol–water partition coefficient (Wildman–Crippen LogP) is 10.2. The summed E-state index contributed by atoms with van der Waals surface area (Å²) in [6, 6.07) is 18.6. The van der Waals surface area contributed by atoms with E-state index in [1.54, 1.807) is 27.7 Å². The van der Waals surface area contributed by atoms with Gasteiger partial charge in [0.25, 0.3) is 11.8 Å². The number of ether oxygens (including phenoxy) is 4. The summed E-state index contributed by atoms with van der Waals surface area (Å²) in [5.41, 5.74) is -0.321. The van der Waals surface area contributed by atoms with Gasteiger partial charge in [-0.05, 0) is 153 Å². The molecule has 430 valence electrons. The van der Waals surface area contributed by atoms with Crippen LogP contribution in [0.4, 0.5) is 9.59 Å². The summed E-state index contributed by atoms with van der Waals surface area (Å²) < 4.78 is 23.4. The number of Topliss-reactive ketones (excluding diaryl/α,β-unsaturated/α-hetero) is 2. The van der Waals surface area contributed by atoms with Crippen molar-refractivity contribution < 1.29 is 57.3 Å². The standard InChI is InChI=1S/C62H90N4O12/c1-61(2,53(67)55(69)65-41-23-19-33-49(65)57(71)77-51(47-29-15-9-16-30-47)37-35-45-25-11-7-12-26-45)43-75-59(73)63-39-21-5-6-22-40-64-60(74)76-44-62(3,4)54(68)56(70)66-42-24-20-34-50(66)58(72)78-52(48-31-17-10-18-32-48)38-36-46-27-13-8-14-28-46/h7-8,11-14,25-28,47-52H,5-6,9-10,15-24,29-44H2,1-4H3,(H,63,73)(H,64,74)/t49?,50?,51-,52-/m1/s1. The summed E-state index contributed by atoms with van der Waals surface area (Å²) in [6.07, 6.45) is 18.1. The summed E-state index contributed by atoms with van der Waals surface area (Å²) >= 11 is 0. The van der Waals surface area contributed by atoms with Gasteiger partial charge in [0.1, 0.15) is 37.5 Å². The average Bonchev–Trinajstić information content (AvgIpc) is 3.48. The van der Waals surface area contributed by atoms with Gasteiger partial charge in [0, 0.05) is 26.2 Å². The second-order valence-corrected chi connectivity index (χ2v) is 23.7. The van der Waals surface area contributed by atoms with Crippen molar-refractivity contribution in [3.05, 3.63) is 71.8 Å². The highest BCUT2D eigenvalue weighted by atomic mass is 16.6. The van der Waals surface area contributed by atoms with Crippen molar-refractivity contribution in [2.45, 2.75) is 206 Å². The van der Waals surface area contributed by atoms with Crippen LogP contribution in [0.2, 0.25) is 0 Å². The normalized spacial score (nSPS) is 19.4. The van der Waals surface area contributed by atoms with E-state index in [4.69, 9.17) is 18.9 Å². The van der Waals surface area contributed by atoms with Crippen LogP contribution in [0.25, 0.3) is 0 Å². The number of likely N-dealkylation sites (tertiary alicyclic amines) is 2. The number of amides is 4. The van der Waals surface area contributed by atoms with Gasteiger partial charge in [0.05, 0.1) is 10.8 Å². The lowest BCUT2D eigenvalue weighted by atomic mass is 9.83. The average molecular weight is 1080 g/mol. The number of unbranched alkanes of at least 4 members (excludes halogenated alkanes) is 3. The van der Waals surface area contributed by atoms with Crippen molar-refractivity contribution in [1.82, 2.24) is 20.4 Å². The topological polar surface area (TPSA) is 204 Å². The van der Waals surface area contributed by atoms with Crippen molar-refractivity contribution in [2.75, 3.05) is 39.4 Å². The molecule has 4 aliphatic rings. The maximum Gasteiger partial charge on any atom is 0.407 e. The maximum atomic E-state index is 13.9. The van der Waals surface area contributed by atoms with Crippen LogP contribution in [0, 0.1) is 22.7 Å². The zero-order chi connectivity index (χ0) is 55.9. The number of esters is 2. The third-order valence-electron chi connectivity index (χ3n) is 16.5. The monoisotopic (exact) mass is 1080 g/mol. The molecule has 4 fully saturated rings. The van der Waals surface area contributed by atoms with Crippen LogP contribution in [-0.2, 0) is 60.6 Å². The van der Waals surface area contributed by atoms with E-state index in [0.717, 1.165) is 89.9 Å². The highest BCUT2D eigenvalue weighted by Gasteiger charge is 2.45. The fourth-order valence-corrected chi connectivity index (χ4v) is 11.5. The number of nitrogens with zero attached hydrogens (tertiary/aromatic N) is 2. The Bertz CT molecular complexity index is 2100. The molecule has 0 radical (unpaired) electrons. The second kappa shape index (κ2) is 31.1. The van der Waals surface area contributed by atoms with E-state index >= 15 is 0 Å². The quantitative estimate of drug-likeness (QED) is 0.0371.